The summed E-state index contributed by atoms with van der Waals surface area (Å²) in [6.07, 6.45) is 1.56. The fraction of sp³-hybridized carbons (Fsp3) is 0.0455. The fourth-order valence-electron chi connectivity index (χ4n) is 2.84. The Kier molecular flexibility index (Phi) is 5.92. The summed E-state index contributed by atoms with van der Waals surface area (Å²) in [5.41, 5.74) is 6.43. The molecule has 0 fully saturated rings. The number of H-pyrrole nitrogens is 2. The lowest BCUT2D eigenvalue weighted by atomic mass is 10.2. The van der Waals surface area contributed by atoms with Crippen molar-refractivity contribution in [3.8, 4) is 5.75 Å². The Morgan fingerprint density at radius 1 is 1.07 bits per heavy atom. The number of ether oxygens (including phenoxy) is 1. The van der Waals surface area contributed by atoms with Crippen molar-refractivity contribution in [2.75, 3.05) is 0 Å². The van der Waals surface area contributed by atoms with E-state index in [1.165, 1.54) is 0 Å². The number of amides is 1. The zero-order valence-corrected chi connectivity index (χ0v) is 17.3. The van der Waals surface area contributed by atoms with Crippen LogP contribution in [-0.2, 0) is 6.61 Å². The molecule has 6 nitrogen and oxygen atoms in total. The number of aromatic amines is 2. The number of nitrogens with zero attached hydrogens (tertiary/aromatic N) is 1. The number of halogens is 1. The lowest BCUT2D eigenvalue weighted by Gasteiger charge is -2.07. The first kappa shape index (κ1) is 19.9. The lowest BCUT2D eigenvalue weighted by molar-refractivity contribution is 0.0955. The van der Waals surface area contributed by atoms with Crippen LogP contribution in [0.1, 0.15) is 21.5 Å². The second kappa shape index (κ2) is 8.94. The summed E-state index contributed by atoms with van der Waals surface area (Å²) in [6.45, 7) is 0.430. The average Bonchev–Trinajstić information content (AvgIpc) is 3.13. The minimum absolute atomic E-state index is 0.316. The Morgan fingerprint density at radius 3 is 2.70 bits per heavy atom. The van der Waals surface area contributed by atoms with Gasteiger partial charge in [-0.25, -0.2) is 5.43 Å². The zero-order chi connectivity index (χ0) is 20.9. The number of hydrogen-bond donors (Lipinski definition) is 3. The van der Waals surface area contributed by atoms with E-state index < -0.39 is 0 Å². The van der Waals surface area contributed by atoms with Gasteiger partial charge in [-0.15, -0.1) is 0 Å². The molecule has 0 aliphatic carbocycles. The second-order valence-electron chi connectivity index (χ2n) is 6.53. The Hall–Kier alpha value is -3.42. The van der Waals surface area contributed by atoms with Crippen LogP contribution >= 0.6 is 23.8 Å². The van der Waals surface area contributed by atoms with Crippen LogP contribution in [0, 0.1) is 4.77 Å². The van der Waals surface area contributed by atoms with Gasteiger partial charge in [0.1, 0.15) is 12.4 Å². The molecule has 0 aliphatic rings. The predicted octanol–water partition coefficient (Wildman–Crippen LogP) is 5.22. The van der Waals surface area contributed by atoms with Gasteiger partial charge in [0.2, 0.25) is 0 Å². The lowest BCUT2D eigenvalue weighted by Crippen LogP contribution is -2.17. The molecular formula is C22H17ClN4O2S. The van der Waals surface area contributed by atoms with E-state index in [4.69, 9.17) is 28.6 Å². The SMILES string of the molecule is O=C(N/N=C\c1cccc(OCc2ccc(Cl)cc2)c1)c1ccc2[nH]c(=S)[nH]c2c1. The first-order valence-corrected chi connectivity index (χ1v) is 9.88. The third kappa shape index (κ3) is 4.94. The van der Waals surface area contributed by atoms with Crippen LogP contribution in [-0.4, -0.2) is 22.1 Å². The average molecular weight is 437 g/mol. The van der Waals surface area contributed by atoms with E-state index in [1.54, 1.807) is 24.4 Å². The Balaban J connectivity index is 1.37. The molecule has 1 heterocycles. The molecule has 0 saturated heterocycles. The number of fused-ring (bicyclic) bond motifs is 1. The van der Waals surface area contributed by atoms with Gasteiger partial charge in [-0.1, -0.05) is 35.9 Å². The van der Waals surface area contributed by atoms with Crippen molar-refractivity contribution in [3.05, 3.63) is 93.2 Å². The van der Waals surface area contributed by atoms with Crippen molar-refractivity contribution in [2.24, 2.45) is 5.10 Å². The summed E-state index contributed by atoms with van der Waals surface area (Å²) in [4.78, 5) is 18.3. The quantitative estimate of drug-likeness (QED) is 0.220. The Bertz CT molecular complexity index is 1280. The summed E-state index contributed by atoms with van der Waals surface area (Å²) in [6, 6.07) is 20.2. The van der Waals surface area contributed by atoms with Crippen LogP contribution in [0.5, 0.6) is 5.75 Å². The minimum atomic E-state index is -0.316. The second-order valence-corrected chi connectivity index (χ2v) is 7.37. The van der Waals surface area contributed by atoms with E-state index in [1.807, 2.05) is 48.5 Å². The molecule has 0 atom stereocenters. The van der Waals surface area contributed by atoms with Crippen LogP contribution in [0.2, 0.25) is 5.02 Å². The van der Waals surface area contributed by atoms with Gasteiger partial charge in [0.05, 0.1) is 17.2 Å². The maximum Gasteiger partial charge on any atom is 0.271 e. The molecule has 0 spiro atoms. The zero-order valence-electron chi connectivity index (χ0n) is 15.7. The number of carbonyl (C=O) groups is 1. The molecule has 0 aliphatic heterocycles. The molecule has 1 amide bonds. The largest absolute Gasteiger partial charge is 0.489 e. The molecule has 150 valence electrons. The number of nitrogens with one attached hydrogen (secondary N) is 3. The summed E-state index contributed by atoms with van der Waals surface area (Å²) in [7, 11) is 0. The van der Waals surface area contributed by atoms with Gasteiger partial charge in [-0.05, 0) is 65.8 Å². The van der Waals surface area contributed by atoms with Gasteiger partial charge in [0.15, 0.2) is 4.77 Å². The number of hydrogen-bond acceptors (Lipinski definition) is 4. The molecule has 0 bridgehead atoms. The van der Waals surface area contributed by atoms with Gasteiger partial charge in [-0.3, -0.25) is 4.79 Å². The van der Waals surface area contributed by atoms with Crippen LogP contribution in [0.4, 0.5) is 0 Å². The van der Waals surface area contributed by atoms with Crippen molar-refractivity contribution in [1.82, 2.24) is 15.4 Å². The first-order valence-electron chi connectivity index (χ1n) is 9.09. The van der Waals surface area contributed by atoms with E-state index >= 15 is 0 Å². The van der Waals surface area contributed by atoms with Crippen molar-refractivity contribution >= 4 is 47.0 Å². The number of rotatable bonds is 6. The number of hydrazone groups is 1. The molecule has 1 aromatic heterocycles. The number of carbonyl (C=O) groups excluding carboxylic acids is 1. The van der Waals surface area contributed by atoms with Crippen LogP contribution in [0.3, 0.4) is 0 Å². The molecule has 4 aromatic rings. The molecule has 0 radical (unpaired) electrons. The maximum atomic E-state index is 12.3. The smallest absolute Gasteiger partial charge is 0.271 e. The predicted molar refractivity (Wildman–Crippen MR) is 121 cm³/mol. The van der Waals surface area contributed by atoms with Crippen molar-refractivity contribution in [3.63, 3.8) is 0 Å². The van der Waals surface area contributed by atoms with Gasteiger partial charge in [-0.2, -0.15) is 5.10 Å². The van der Waals surface area contributed by atoms with Gasteiger partial charge in [0.25, 0.3) is 5.91 Å². The summed E-state index contributed by atoms with van der Waals surface area (Å²) in [5, 5.41) is 4.73. The third-order valence-corrected chi connectivity index (χ3v) is 4.79. The van der Waals surface area contributed by atoms with E-state index in [2.05, 4.69) is 20.5 Å². The summed E-state index contributed by atoms with van der Waals surface area (Å²) < 4.78 is 6.32. The van der Waals surface area contributed by atoms with Gasteiger partial charge in [0, 0.05) is 10.6 Å². The van der Waals surface area contributed by atoms with E-state index in [9.17, 15) is 4.79 Å². The summed E-state index contributed by atoms with van der Waals surface area (Å²) in [5.74, 6) is 0.386. The highest BCUT2D eigenvalue weighted by Crippen LogP contribution is 2.16. The van der Waals surface area contributed by atoms with Crippen molar-refractivity contribution in [2.45, 2.75) is 6.61 Å². The van der Waals surface area contributed by atoms with Crippen LogP contribution < -0.4 is 10.2 Å². The summed E-state index contributed by atoms with van der Waals surface area (Å²) >= 11 is 11.0. The monoisotopic (exact) mass is 436 g/mol. The maximum absolute atomic E-state index is 12.3. The number of imidazole rings is 1. The normalized spacial score (nSPS) is 11.1. The molecule has 0 saturated carbocycles. The van der Waals surface area contributed by atoms with Crippen molar-refractivity contribution < 1.29 is 9.53 Å². The number of benzene rings is 3. The standard InChI is InChI=1S/C22H17ClN4O2S/c23-17-7-4-14(5-8-17)13-29-18-3-1-2-15(10-18)12-24-27-21(28)16-6-9-19-20(11-16)26-22(30)25-19/h1-12H,13H2,(H,27,28)(H2,25,26,30)/b24-12-. The highest BCUT2D eigenvalue weighted by Gasteiger charge is 2.06. The Morgan fingerprint density at radius 2 is 1.87 bits per heavy atom. The first-order chi connectivity index (χ1) is 14.6. The molecule has 3 N–H and O–H groups in total. The molecule has 4 rings (SSSR count). The van der Waals surface area contributed by atoms with Crippen LogP contribution in [0.25, 0.3) is 11.0 Å². The minimum Gasteiger partial charge on any atom is -0.489 e. The van der Waals surface area contributed by atoms with E-state index in [0.717, 1.165) is 22.2 Å². The van der Waals surface area contributed by atoms with E-state index in [0.29, 0.717) is 27.7 Å². The van der Waals surface area contributed by atoms with E-state index in [-0.39, 0.29) is 5.91 Å². The topological polar surface area (TPSA) is 82.3 Å². The molecule has 30 heavy (non-hydrogen) atoms. The molecular weight excluding hydrogens is 420 g/mol. The Labute approximate surface area is 182 Å². The molecule has 3 aromatic carbocycles. The van der Waals surface area contributed by atoms with Gasteiger partial charge < -0.3 is 14.7 Å². The van der Waals surface area contributed by atoms with Crippen molar-refractivity contribution in [1.29, 1.82) is 0 Å². The molecule has 8 heteroatoms. The van der Waals surface area contributed by atoms with Crippen LogP contribution in [0.15, 0.2) is 71.8 Å². The highest BCUT2D eigenvalue weighted by molar-refractivity contribution is 7.71. The fourth-order valence-corrected chi connectivity index (χ4v) is 3.18. The van der Waals surface area contributed by atoms with Gasteiger partial charge >= 0.3 is 0 Å². The highest BCUT2D eigenvalue weighted by atomic mass is 35.5. The number of aromatic nitrogens is 2. The molecule has 0 unspecified atom stereocenters. The third-order valence-electron chi connectivity index (χ3n) is 4.33.